The SMILES string of the molecule is CCc1n[nH]c(=S)n1/N=C\c1ccccc1C(=O)OC. The van der Waals surface area contributed by atoms with E-state index in [4.69, 9.17) is 17.0 Å². The van der Waals surface area contributed by atoms with Crippen molar-refractivity contribution in [3.63, 3.8) is 0 Å². The summed E-state index contributed by atoms with van der Waals surface area (Å²) in [6.45, 7) is 1.96. The van der Waals surface area contributed by atoms with Crippen LogP contribution < -0.4 is 0 Å². The van der Waals surface area contributed by atoms with Gasteiger partial charge in [0.05, 0.1) is 18.9 Å². The molecule has 1 heterocycles. The number of esters is 1. The van der Waals surface area contributed by atoms with E-state index < -0.39 is 5.97 Å². The van der Waals surface area contributed by atoms with Crippen LogP contribution in [0.2, 0.25) is 0 Å². The smallest absolute Gasteiger partial charge is 0.338 e. The maximum atomic E-state index is 11.7. The minimum absolute atomic E-state index is 0.404. The molecule has 0 bridgehead atoms. The van der Waals surface area contributed by atoms with Crippen LogP contribution in [-0.2, 0) is 11.2 Å². The summed E-state index contributed by atoms with van der Waals surface area (Å²) in [6.07, 6.45) is 2.26. The predicted octanol–water partition coefficient (Wildman–Crippen LogP) is 2.17. The Labute approximate surface area is 121 Å². The Morgan fingerprint density at radius 2 is 2.30 bits per heavy atom. The monoisotopic (exact) mass is 290 g/mol. The van der Waals surface area contributed by atoms with E-state index in [1.54, 1.807) is 24.4 Å². The maximum Gasteiger partial charge on any atom is 0.338 e. The summed E-state index contributed by atoms with van der Waals surface area (Å²) in [5, 5.41) is 11.0. The van der Waals surface area contributed by atoms with Gasteiger partial charge in [0.15, 0.2) is 5.82 Å². The van der Waals surface area contributed by atoms with Crippen LogP contribution in [0, 0.1) is 4.77 Å². The van der Waals surface area contributed by atoms with Gasteiger partial charge in [-0.05, 0) is 18.3 Å². The van der Waals surface area contributed by atoms with E-state index in [1.165, 1.54) is 11.8 Å². The Bertz CT molecular complexity index is 702. The van der Waals surface area contributed by atoms with Crippen molar-refractivity contribution in [2.45, 2.75) is 13.3 Å². The highest BCUT2D eigenvalue weighted by Crippen LogP contribution is 2.08. The number of benzene rings is 1. The molecule has 1 aromatic heterocycles. The van der Waals surface area contributed by atoms with Crippen molar-refractivity contribution < 1.29 is 9.53 Å². The highest BCUT2D eigenvalue weighted by molar-refractivity contribution is 7.71. The number of rotatable bonds is 4. The molecule has 0 aliphatic heterocycles. The molecule has 104 valence electrons. The normalized spacial score (nSPS) is 10.9. The van der Waals surface area contributed by atoms with Crippen LogP contribution in [0.1, 0.15) is 28.7 Å². The average Bonchev–Trinajstić information content (AvgIpc) is 2.85. The van der Waals surface area contributed by atoms with Crippen LogP contribution in [0.15, 0.2) is 29.4 Å². The molecule has 20 heavy (non-hydrogen) atoms. The largest absolute Gasteiger partial charge is 0.465 e. The number of nitrogens with zero attached hydrogens (tertiary/aromatic N) is 3. The number of ether oxygens (including phenoxy) is 1. The minimum atomic E-state index is -0.404. The topological polar surface area (TPSA) is 72.3 Å². The zero-order valence-corrected chi connectivity index (χ0v) is 12.0. The molecule has 0 atom stereocenters. The molecule has 1 aromatic carbocycles. The zero-order valence-electron chi connectivity index (χ0n) is 11.2. The van der Waals surface area contributed by atoms with Crippen molar-refractivity contribution in [2.24, 2.45) is 5.10 Å². The third-order valence-electron chi connectivity index (χ3n) is 2.71. The maximum absolute atomic E-state index is 11.7. The first-order chi connectivity index (χ1) is 9.67. The van der Waals surface area contributed by atoms with Crippen LogP contribution >= 0.6 is 12.2 Å². The van der Waals surface area contributed by atoms with Crippen molar-refractivity contribution >= 4 is 24.4 Å². The number of aromatic amines is 1. The van der Waals surface area contributed by atoms with E-state index in [2.05, 4.69) is 15.3 Å². The summed E-state index contributed by atoms with van der Waals surface area (Å²) in [7, 11) is 1.34. The Hall–Kier alpha value is -2.28. The van der Waals surface area contributed by atoms with Gasteiger partial charge in [0.1, 0.15) is 0 Å². The van der Waals surface area contributed by atoms with Crippen LogP contribution in [0.3, 0.4) is 0 Å². The van der Waals surface area contributed by atoms with Crippen molar-refractivity contribution in [2.75, 3.05) is 7.11 Å². The second-order valence-electron chi connectivity index (χ2n) is 3.93. The van der Waals surface area contributed by atoms with Crippen LogP contribution in [-0.4, -0.2) is 34.2 Å². The molecule has 6 nitrogen and oxygen atoms in total. The van der Waals surface area contributed by atoms with Crippen molar-refractivity contribution in [3.8, 4) is 0 Å². The third-order valence-corrected chi connectivity index (χ3v) is 2.98. The molecule has 0 unspecified atom stereocenters. The fourth-order valence-electron chi connectivity index (χ4n) is 1.70. The lowest BCUT2D eigenvalue weighted by molar-refractivity contribution is 0.0600. The highest BCUT2D eigenvalue weighted by Gasteiger charge is 2.09. The predicted molar refractivity (Wildman–Crippen MR) is 77.6 cm³/mol. The van der Waals surface area contributed by atoms with E-state index in [9.17, 15) is 4.79 Å². The minimum Gasteiger partial charge on any atom is -0.465 e. The first kappa shape index (κ1) is 14.1. The standard InChI is InChI=1S/C13H14N4O2S/c1-3-11-15-16-13(20)17(11)14-8-9-6-4-5-7-10(9)12(18)19-2/h4-8H,3H2,1-2H3,(H,16,20)/b14-8-. The average molecular weight is 290 g/mol. The fraction of sp³-hybridized carbons (Fsp3) is 0.231. The molecular formula is C13H14N4O2S. The molecule has 0 saturated heterocycles. The zero-order chi connectivity index (χ0) is 14.5. The Morgan fingerprint density at radius 3 is 3.00 bits per heavy atom. The molecule has 7 heteroatoms. The second-order valence-corrected chi connectivity index (χ2v) is 4.32. The van der Waals surface area contributed by atoms with Gasteiger partial charge < -0.3 is 4.74 Å². The first-order valence-electron chi connectivity index (χ1n) is 6.05. The second kappa shape index (κ2) is 6.25. The Kier molecular flexibility index (Phi) is 4.41. The van der Waals surface area contributed by atoms with Gasteiger partial charge in [0.2, 0.25) is 4.77 Å². The number of nitrogens with one attached hydrogen (secondary N) is 1. The summed E-state index contributed by atoms with van der Waals surface area (Å²) >= 11 is 5.10. The van der Waals surface area contributed by atoms with Gasteiger partial charge in [-0.1, -0.05) is 25.1 Å². The van der Waals surface area contributed by atoms with Crippen LogP contribution in [0.25, 0.3) is 0 Å². The number of carbonyl (C=O) groups is 1. The van der Waals surface area contributed by atoms with E-state index in [0.29, 0.717) is 22.3 Å². The molecule has 2 rings (SSSR count). The fourth-order valence-corrected chi connectivity index (χ4v) is 1.90. The lowest BCUT2D eigenvalue weighted by Gasteiger charge is -2.03. The Morgan fingerprint density at radius 1 is 1.55 bits per heavy atom. The van der Waals surface area contributed by atoms with Crippen LogP contribution in [0.4, 0.5) is 0 Å². The molecule has 0 saturated carbocycles. The molecule has 2 aromatic rings. The van der Waals surface area contributed by atoms with E-state index in [-0.39, 0.29) is 0 Å². The summed E-state index contributed by atoms with van der Waals surface area (Å²) in [4.78, 5) is 11.7. The highest BCUT2D eigenvalue weighted by atomic mass is 32.1. The summed E-state index contributed by atoms with van der Waals surface area (Å²) in [5.74, 6) is 0.320. The van der Waals surface area contributed by atoms with E-state index in [1.807, 2.05) is 13.0 Å². The van der Waals surface area contributed by atoms with E-state index >= 15 is 0 Å². The molecule has 0 spiro atoms. The number of carbonyl (C=O) groups excluding carboxylic acids is 1. The third kappa shape index (κ3) is 2.83. The molecule has 0 aliphatic rings. The number of methoxy groups -OCH3 is 1. The van der Waals surface area contributed by atoms with Gasteiger partial charge in [-0.3, -0.25) is 5.10 Å². The molecule has 1 N–H and O–H groups in total. The number of aryl methyl sites for hydroxylation is 1. The summed E-state index contributed by atoms with van der Waals surface area (Å²) in [5.41, 5.74) is 1.11. The van der Waals surface area contributed by atoms with Crippen molar-refractivity contribution in [1.82, 2.24) is 14.9 Å². The molecule has 0 amide bonds. The molecule has 0 aliphatic carbocycles. The number of H-pyrrole nitrogens is 1. The lowest BCUT2D eigenvalue weighted by Crippen LogP contribution is -2.06. The lowest BCUT2D eigenvalue weighted by atomic mass is 10.1. The van der Waals surface area contributed by atoms with Gasteiger partial charge in [-0.15, -0.1) is 0 Å². The quantitative estimate of drug-likeness (QED) is 0.532. The van der Waals surface area contributed by atoms with Gasteiger partial charge in [-0.25, -0.2) is 4.79 Å². The van der Waals surface area contributed by atoms with Crippen molar-refractivity contribution in [1.29, 1.82) is 0 Å². The van der Waals surface area contributed by atoms with Crippen LogP contribution in [0.5, 0.6) is 0 Å². The summed E-state index contributed by atoms with van der Waals surface area (Å²) in [6, 6.07) is 7.06. The summed E-state index contributed by atoms with van der Waals surface area (Å²) < 4.78 is 6.68. The van der Waals surface area contributed by atoms with Crippen molar-refractivity contribution in [3.05, 3.63) is 46.0 Å². The van der Waals surface area contributed by atoms with Gasteiger partial charge in [-0.2, -0.15) is 14.9 Å². The number of hydrogen-bond donors (Lipinski definition) is 1. The Balaban J connectivity index is 2.39. The molecular weight excluding hydrogens is 276 g/mol. The van der Waals surface area contributed by atoms with Gasteiger partial charge >= 0.3 is 5.97 Å². The number of aromatic nitrogens is 3. The molecule has 0 fully saturated rings. The molecule has 0 radical (unpaired) electrons. The number of hydrogen-bond acceptors (Lipinski definition) is 5. The van der Waals surface area contributed by atoms with Gasteiger partial charge in [0, 0.05) is 12.0 Å². The van der Waals surface area contributed by atoms with Gasteiger partial charge in [0.25, 0.3) is 0 Å². The first-order valence-corrected chi connectivity index (χ1v) is 6.46. The van der Waals surface area contributed by atoms with E-state index in [0.717, 1.165) is 5.82 Å².